The Bertz CT molecular complexity index is 902. The first kappa shape index (κ1) is 21.6. The van der Waals surface area contributed by atoms with Gasteiger partial charge in [0.25, 0.3) is 5.91 Å². The van der Waals surface area contributed by atoms with Crippen LogP contribution in [0.4, 0.5) is 11.4 Å². The lowest BCUT2D eigenvalue weighted by atomic mass is 10.0. The molecule has 2 aromatic carbocycles. The van der Waals surface area contributed by atoms with E-state index in [4.69, 9.17) is 17.0 Å². The molecule has 1 saturated heterocycles. The maximum absolute atomic E-state index is 12.7. The number of nitrogens with one attached hydrogen (secondary N) is 2. The van der Waals surface area contributed by atoms with E-state index in [1.54, 1.807) is 13.2 Å². The Kier molecular flexibility index (Phi) is 7.14. The number of rotatable bonds is 4. The number of halogens is 1. The molecule has 1 aliphatic heterocycles. The summed E-state index contributed by atoms with van der Waals surface area (Å²) in [6, 6.07) is 12.3. The van der Waals surface area contributed by atoms with E-state index in [0.717, 1.165) is 22.3 Å². The number of thiocarbonyl (C=S) groups is 1. The third-order valence-electron chi connectivity index (χ3n) is 5.18. The van der Waals surface area contributed by atoms with Crippen molar-refractivity contribution < 1.29 is 9.53 Å². The molecular formula is C22H26BrN3O2S. The summed E-state index contributed by atoms with van der Waals surface area (Å²) in [5.41, 5.74) is 3.35. The van der Waals surface area contributed by atoms with Gasteiger partial charge in [0.1, 0.15) is 5.75 Å². The van der Waals surface area contributed by atoms with Crippen LogP contribution in [-0.4, -0.2) is 30.7 Å². The third-order valence-corrected chi connectivity index (χ3v) is 5.84. The molecule has 1 atom stereocenters. The topological polar surface area (TPSA) is 53.6 Å². The Labute approximate surface area is 185 Å². The van der Waals surface area contributed by atoms with Gasteiger partial charge in [0.15, 0.2) is 5.11 Å². The molecule has 0 saturated carbocycles. The van der Waals surface area contributed by atoms with Gasteiger partial charge in [0.05, 0.1) is 12.7 Å². The quantitative estimate of drug-likeness (QED) is 0.589. The molecule has 0 unspecified atom stereocenters. The number of aryl methyl sites for hydroxylation is 1. The van der Waals surface area contributed by atoms with Crippen LogP contribution in [0, 0.1) is 6.92 Å². The van der Waals surface area contributed by atoms with Crippen molar-refractivity contribution in [3.05, 3.63) is 52.0 Å². The van der Waals surface area contributed by atoms with Gasteiger partial charge in [-0.05, 0) is 87.3 Å². The highest BCUT2D eigenvalue weighted by atomic mass is 79.9. The fourth-order valence-corrected chi connectivity index (χ4v) is 4.50. The van der Waals surface area contributed by atoms with Crippen molar-refractivity contribution in [2.75, 3.05) is 23.9 Å². The summed E-state index contributed by atoms with van der Waals surface area (Å²) in [5.74, 6) is 0.219. The SMILES string of the molecule is COc1c(C)cc(Br)cc1C(=O)NC(=S)Nc1ccc(N2CCCC[C@H]2C)cc1. The monoisotopic (exact) mass is 475 g/mol. The van der Waals surface area contributed by atoms with Gasteiger partial charge in [-0.25, -0.2) is 0 Å². The standard InChI is InChI=1S/C22H26BrN3O2S/c1-14-12-16(23)13-19(20(14)28-3)21(27)25-22(29)24-17-7-9-18(10-8-17)26-11-5-4-6-15(26)2/h7-10,12-13,15H,4-6,11H2,1-3H3,(H2,24,25,27,29)/t15-/m1/s1. The molecule has 2 aromatic rings. The maximum Gasteiger partial charge on any atom is 0.261 e. The van der Waals surface area contributed by atoms with Gasteiger partial charge in [-0.15, -0.1) is 0 Å². The van der Waals surface area contributed by atoms with Crippen molar-refractivity contribution in [3.8, 4) is 5.75 Å². The molecule has 0 spiro atoms. The summed E-state index contributed by atoms with van der Waals surface area (Å²) in [6.07, 6.45) is 3.77. The zero-order valence-corrected chi connectivity index (χ0v) is 19.3. The predicted octanol–water partition coefficient (Wildman–Crippen LogP) is 5.27. The molecule has 2 N–H and O–H groups in total. The van der Waals surface area contributed by atoms with Gasteiger partial charge in [-0.3, -0.25) is 10.1 Å². The predicted molar refractivity (Wildman–Crippen MR) is 126 cm³/mol. The lowest BCUT2D eigenvalue weighted by Gasteiger charge is -2.35. The van der Waals surface area contributed by atoms with Crippen LogP contribution in [-0.2, 0) is 0 Å². The van der Waals surface area contributed by atoms with Crippen LogP contribution in [0.3, 0.4) is 0 Å². The Morgan fingerprint density at radius 1 is 1.24 bits per heavy atom. The number of piperidine rings is 1. The number of ether oxygens (including phenoxy) is 1. The minimum Gasteiger partial charge on any atom is -0.496 e. The minimum atomic E-state index is -0.317. The van der Waals surface area contributed by atoms with E-state index in [0.29, 0.717) is 17.4 Å². The molecule has 0 bridgehead atoms. The summed E-state index contributed by atoms with van der Waals surface area (Å²) in [5, 5.41) is 6.05. The van der Waals surface area contributed by atoms with Crippen LogP contribution in [0.1, 0.15) is 42.1 Å². The summed E-state index contributed by atoms with van der Waals surface area (Å²) in [6.45, 7) is 5.26. The molecule has 0 aromatic heterocycles. The number of carbonyl (C=O) groups is 1. The summed E-state index contributed by atoms with van der Waals surface area (Å²) >= 11 is 8.75. The fourth-order valence-electron chi connectivity index (χ4n) is 3.72. The normalized spacial score (nSPS) is 16.3. The molecule has 3 rings (SSSR count). The maximum atomic E-state index is 12.7. The van der Waals surface area contributed by atoms with Gasteiger partial charge in [0, 0.05) is 28.4 Å². The number of hydrogen-bond acceptors (Lipinski definition) is 4. The van der Waals surface area contributed by atoms with Gasteiger partial charge in [0.2, 0.25) is 0 Å². The molecule has 1 amide bonds. The molecule has 1 aliphatic rings. The van der Waals surface area contributed by atoms with Gasteiger partial charge < -0.3 is 15.0 Å². The second-order valence-electron chi connectivity index (χ2n) is 7.30. The average Bonchev–Trinajstić information content (AvgIpc) is 2.68. The number of nitrogens with zero attached hydrogens (tertiary/aromatic N) is 1. The number of methoxy groups -OCH3 is 1. The second kappa shape index (κ2) is 9.59. The Balaban J connectivity index is 1.64. The Hall–Kier alpha value is -2.12. The molecule has 154 valence electrons. The lowest BCUT2D eigenvalue weighted by Crippen LogP contribution is -2.37. The van der Waals surface area contributed by atoms with Crippen LogP contribution in [0.2, 0.25) is 0 Å². The van der Waals surface area contributed by atoms with E-state index in [9.17, 15) is 4.79 Å². The highest BCUT2D eigenvalue weighted by molar-refractivity contribution is 9.10. The zero-order chi connectivity index (χ0) is 21.0. The molecule has 7 heteroatoms. The highest BCUT2D eigenvalue weighted by Crippen LogP contribution is 2.28. The molecule has 0 radical (unpaired) electrons. The van der Waals surface area contributed by atoms with E-state index in [-0.39, 0.29) is 11.0 Å². The third kappa shape index (κ3) is 5.28. The molecular weight excluding hydrogens is 450 g/mol. The van der Waals surface area contributed by atoms with E-state index >= 15 is 0 Å². The number of amides is 1. The van der Waals surface area contributed by atoms with Crippen LogP contribution < -0.4 is 20.3 Å². The lowest BCUT2D eigenvalue weighted by molar-refractivity contribution is 0.0974. The van der Waals surface area contributed by atoms with E-state index in [1.807, 2.05) is 25.1 Å². The number of benzene rings is 2. The molecule has 1 heterocycles. The van der Waals surface area contributed by atoms with Crippen LogP contribution >= 0.6 is 28.1 Å². The average molecular weight is 476 g/mol. The largest absolute Gasteiger partial charge is 0.496 e. The van der Waals surface area contributed by atoms with Crippen LogP contribution in [0.25, 0.3) is 0 Å². The molecule has 0 aliphatic carbocycles. The number of anilines is 2. The molecule has 1 fully saturated rings. The van der Waals surface area contributed by atoms with Crippen LogP contribution in [0.15, 0.2) is 40.9 Å². The van der Waals surface area contributed by atoms with Crippen molar-refractivity contribution in [1.82, 2.24) is 5.32 Å². The summed E-state index contributed by atoms with van der Waals surface area (Å²) in [7, 11) is 1.55. The van der Waals surface area contributed by atoms with E-state index in [1.165, 1.54) is 24.9 Å². The van der Waals surface area contributed by atoms with Crippen molar-refractivity contribution >= 4 is 50.5 Å². The Morgan fingerprint density at radius 3 is 2.62 bits per heavy atom. The van der Waals surface area contributed by atoms with E-state index < -0.39 is 0 Å². The van der Waals surface area contributed by atoms with Gasteiger partial charge in [-0.2, -0.15) is 0 Å². The first-order valence-electron chi connectivity index (χ1n) is 9.72. The van der Waals surface area contributed by atoms with Gasteiger partial charge >= 0.3 is 0 Å². The highest BCUT2D eigenvalue weighted by Gasteiger charge is 2.19. The summed E-state index contributed by atoms with van der Waals surface area (Å²) in [4.78, 5) is 15.1. The Morgan fingerprint density at radius 2 is 1.97 bits per heavy atom. The van der Waals surface area contributed by atoms with E-state index in [2.05, 4.69) is 50.5 Å². The van der Waals surface area contributed by atoms with Crippen molar-refractivity contribution in [2.24, 2.45) is 0 Å². The molecule has 5 nitrogen and oxygen atoms in total. The smallest absolute Gasteiger partial charge is 0.261 e. The zero-order valence-electron chi connectivity index (χ0n) is 16.9. The minimum absolute atomic E-state index is 0.244. The van der Waals surface area contributed by atoms with Crippen molar-refractivity contribution in [1.29, 1.82) is 0 Å². The van der Waals surface area contributed by atoms with Crippen LogP contribution in [0.5, 0.6) is 5.75 Å². The first-order chi connectivity index (χ1) is 13.9. The summed E-state index contributed by atoms with van der Waals surface area (Å²) < 4.78 is 6.19. The molecule has 29 heavy (non-hydrogen) atoms. The number of carbonyl (C=O) groups excluding carboxylic acids is 1. The van der Waals surface area contributed by atoms with Crippen molar-refractivity contribution in [2.45, 2.75) is 39.2 Å². The second-order valence-corrected chi connectivity index (χ2v) is 8.62. The first-order valence-corrected chi connectivity index (χ1v) is 10.9. The fraction of sp³-hybridized carbons (Fsp3) is 0.364. The van der Waals surface area contributed by atoms with Crippen molar-refractivity contribution in [3.63, 3.8) is 0 Å². The van der Waals surface area contributed by atoms with Gasteiger partial charge in [-0.1, -0.05) is 15.9 Å². The number of hydrogen-bond donors (Lipinski definition) is 2.